The minimum atomic E-state index is 0.0119. The van der Waals surface area contributed by atoms with E-state index in [4.69, 9.17) is 9.47 Å². The zero-order valence-corrected chi connectivity index (χ0v) is 16.2. The first-order chi connectivity index (χ1) is 13.4. The molecule has 0 aliphatic heterocycles. The zero-order chi connectivity index (χ0) is 20.3. The van der Waals surface area contributed by atoms with Crippen molar-refractivity contribution >= 4 is 17.9 Å². The SMILES string of the molecule is COc1cc(/C=C2\CC[C@@H](C)/C(=C\c3ccc(O)c(OC)c3)C2=O)ccc1O. The van der Waals surface area contributed by atoms with Crippen molar-refractivity contribution in [2.24, 2.45) is 5.92 Å². The molecule has 0 spiro atoms. The van der Waals surface area contributed by atoms with Gasteiger partial charge in [-0.3, -0.25) is 4.79 Å². The molecule has 5 nitrogen and oxygen atoms in total. The third-order valence-electron chi connectivity index (χ3n) is 5.00. The van der Waals surface area contributed by atoms with Crippen LogP contribution in [-0.4, -0.2) is 30.2 Å². The van der Waals surface area contributed by atoms with Gasteiger partial charge in [0.25, 0.3) is 0 Å². The highest BCUT2D eigenvalue weighted by Crippen LogP contribution is 2.35. The van der Waals surface area contributed by atoms with Crippen LogP contribution < -0.4 is 9.47 Å². The van der Waals surface area contributed by atoms with Crippen LogP contribution in [-0.2, 0) is 4.79 Å². The maximum atomic E-state index is 13.1. The average molecular weight is 380 g/mol. The van der Waals surface area contributed by atoms with Gasteiger partial charge in [-0.1, -0.05) is 19.1 Å². The van der Waals surface area contributed by atoms with Crippen LogP contribution in [0.25, 0.3) is 12.2 Å². The molecule has 1 fully saturated rings. The number of ether oxygens (including phenoxy) is 2. The van der Waals surface area contributed by atoms with Crippen LogP contribution in [0.3, 0.4) is 0 Å². The van der Waals surface area contributed by atoms with Crippen molar-refractivity contribution in [3.05, 3.63) is 58.7 Å². The standard InChI is InChI=1S/C23H24O5/c1-14-4-7-17(10-15-5-8-19(24)21(12-15)27-2)23(26)18(14)11-16-6-9-20(25)22(13-16)28-3/h5-6,8-14,24-25H,4,7H2,1-3H3/b17-10+,18-11+/t14-/m1/s1. The molecule has 1 atom stereocenters. The lowest BCUT2D eigenvalue weighted by Crippen LogP contribution is -2.19. The third kappa shape index (κ3) is 4.03. The van der Waals surface area contributed by atoms with Gasteiger partial charge >= 0.3 is 0 Å². The number of allylic oxidation sites excluding steroid dienone is 2. The number of hydrogen-bond acceptors (Lipinski definition) is 5. The second-order valence-electron chi connectivity index (χ2n) is 6.90. The Bertz CT molecular complexity index is 955. The van der Waals surface area contributed by atoms with Crippen LogP contribution >= 0.6 is 0 Å². The number of ketones is 1. The highest BCUT2D eigenvalue weighted by Gasteiger charge is 2.26. The first kappa shape index (κ1) is 19.5. The Morgan fingerprint density at radius 2 is 1.46 bits per heavy atom. The van der Waals surface area contributed by atoms with E-state index in [1.165, 1.54) is 14.2 Å². The minimum Gasteiger partial charge on any atom is -0.504 e. The topological polar surface area (TPSA) is 76.0 Å². The molecule has 1 aliphatic carbocycles. The van der Waals surface area contributed by atoms with E-state index in [0.717, 1.165) is 28.7 Å². The molecule has 2 aromatic carbocycles. The molecule has 0 unspecified atom stereocenters. The van der Waals surface area contributed by atoms with Crippen LogP contribution in [0, 0.1) is 5.92 Å². The molecule has 2 aromatic rings. The van der Waals surface area contributed by atoms with E-state index in [-0.39, 0.29) is 23.2 Å². The van der Waals surface area contributed by atoms with E-state index in [2.05, 4.69) is 0 Å². The van der Waals surface area contributed by atoms with Crippen LogP contribution in [0.5, 0.6) is 23.0 Å². The lowest BCUT2D eigenvalue weighted by Gasteiger charge is -2.23. The van der Waals surface area contributed by atoms with Gasteiger partial charge in [0.1, 0.15) is 0 Å². The first-order valence-electron chi connectivity index (χ1n) is 9.13. The Hall–Kier alpha value is -3.21. The predicted octanol–water partition coefficient (Wildman–Crippen LogP) is 4.58. The largest absolute Gasteiger partial charge is 0.504 e. The number of phenols is 2. The van der Waals surface area contributed by atoms with Crippen LogP contribution in [0.15, 0.2) is 47.5 Å². The number of hydrogen-bond donors (Lipinski definition) is 2. The lowest BCUT2D eigenvalue weighted by atomic mass is 9.80. The quantitative estimate of drug-likeness (QED) is 0.759. The summed E-state index contributed by atoms with van der Waals surface area (Å²) < 4.78 is 10.3. The maximum absolute atomic E-state index is 13.1. The molecule has 0 radical (unpaired) electrons. The van der Waals surface area contributed by atoms with E-state index in [0.29, 0.717) is 17.9 Å². The summed E-state index contributed by atoms with van der Waals surface area (Å²) in [7, 11) is 2.99. The number of carbonyl (C=O) groups is 1. The van der Waals surface area contributed by atoms with Crippen LogP contribution in [0.4, 0.5) is 0 Å². The Labute approximate surface area is 164 Å². The van der Waals surface area contributed by atoms with Crippen molar-refractivity contribution in [1.29, 1.82) is 0 Å². The molecule has 0 aromatic heterocycles. The highest BCUT2D eigenvalue weighted by atomic mass is 16.5. The van der Waals surface area contributed by atoms with E-state index in [1.807, 2.05) is 19.1 Å². The molecular formula is C23H24O5. The fourth-order valence-corrected chi connectivity index (χ4v) is 3.34. The van der Waals surface area contributed by atoms with Gasteiger partial charge in [-0.2, -0.15) is 0 Å². The first-order valence-corrected chi connectivity index (χ1v) is 9.13. The smallest absolute Gasteiger partial charge is 0.185 e. The van der Waals surface area contributed by atoms with E-state index >= 15 is 0 Å². The van der Waals surface area contributed by atoms with Crippen LogP contribution in [0.2, 0.25) is 0 Å². The minimum absolute atomic E-state index is 0.0119. The molecule has 1 aliphatic rings. The number of benzene rings is 2. The highest BCUT2D eigenvalue weighted by molar-refractivity contribution is 6.14. The summed E-state index contributed by atoms with van der Waals surface area (Å²) in [6.07, 6.45) is 5.27. The number of aromatic hydroxyl groups is 2. The van der Waals surface area contributed by atoms with Gasteiger partial charge in [0.05, 0.1) is 14.2 Å². The predicted molar refractivity (Wildman–Crippen MR) is 109 cm³/mol. The molecule has 3 rings (SSSR count). The summed E-state index contributed by atoms with van der Waals surface area (Å²) in [6.45, 7) is 2.04. The normalized spacial score (nSPS) is 19.8. The Morgan fingerprint density at radius 3 is 2.00 bits per heavy atom. The summed E-state index contributed by atoms with van der Waals surface area (Å²) in [5, 5.41) is 19.5. The summed E-state index contributed by atoms with van der Waals surface area (Å²) in [5.41, 5.74) is 3.06. The van der Waals surface area contributed by atoms with Gasteiger partial charge in [-0.05, 0) is 66.3 Å². The fraction of sp³-hybridized carbons (Fsp3) is 0.261. The van der Waals surface area contributed by atoms with E-state index < -0.39 is 0 Å². The number of methoxy groups -OCH3 is 2. The molecule has 146 valence electrons. The van der Waals surface area contributed by atoms with Gasteiger partial charge in [-0.25, -0.2) is 0 Å². The average Bonchev–Trinajstić information content (AvgIpc) is 2.69. The monoisotopic (exact) mass is 380 g/mol. The zero-order valence-electron chi connectivity index (χ0n) is 16.2. The summed E-state index contributed by atoms with van der Waals surface area (Å²) in [4.78, 5) is 13.1. The van der Waals surface area contributed by atoms with Crippen molar-refractivity contribution < 1.29 is 24.5 Å². The van der Waals surface area contributed by atoms with E-state index in [1.54, 1.807) is 36.4 Å². The van der Waals surface area contributed by atoms with Gasteiger partial charge in [0.2, 0.25) is 0 Å². The van der Waals surface area contributed by atoms with Gasteiger partial charge in [0, 0.05) is 11.1 Å². The summed E-state index contributed by atoms with van der Waals surface area (Å²) in [5.74, 6) is 1.02. The molecule has 1 saturated carbocycles. The number of rotatable bonds is 4. The van der Waals surface area contributed by atoms with Gasteiger partial charge in [-0.15, -0.1) is 0 Å². The molecule has 0 amide bonds. The van der Waals surface area contributed by atoms with Crippen molar-refractivity contribution in [3.63, 3.8) is 0 Å². The maximum Gasteiger partial charge on any atom is 0.185 e. The van der Waals surface area contributed by atoms with Gasteiger partial charge < -0.3 is 19.7 Å². The Morgan fingerprint density at radius 1 is 0.929 bits per heavy atom. The number of phenolic OH excluding ortho intramolecular Hbond substituents is 2. The number of carbonyl (C=O) groups excluding carboxylic acids is 1. The molecule has 2 N–H and O–H groups in total. The lowest BCUT2D eigenvalue weighted by molar-refractivity contribution is -0.113. The molecule has 0 heterocycles. The fourth-order valence-electron chi connectivity index (χ4n) is 3.34. The Balaban J connectivity index is 1.94. The van der Waals surface area contributed by atoms with Crippen molar-refractivity contribution in [2.45, 2.75) is 19.8 Å². The molecule has 0 bridgehead atoms. The second-order valence-corrected chi connectivity index (χ2v) is 6.90. The molecule has 0 saturated heterocycles. The van der Waals surface area contributed by atoms with Crippen molar-refractivity contribution in [1.82, 2.24) is 0 Å². The number of Topliss-reactive ketones (excluding diaryl/α,β-unsaturated/α-hetero) is 1. The van der Waals surface area contributed by atoms with Crippen molar-refractivity contribution in [2.75, 3.05) is 14.2 Å². The summed E-state index contributed by atoms with van der Waals surface area (Å²) >= 11 is 0. The third-order valence-corrected chi connectivity index (χ3v) is 5.00. The second kappa shape index (κ2) is 8.21. The van der Waals surface area contributed by atoms with Gasteiger partial charge in [0.15, 0.2) is 28.8 Å². The van der Waals surface area contributed by atoms with Crippen LogP contribution in [0.1, 0.15) is 30.9 Å². The Kier molecular flexibility index (Phi) is 5.73. The molecular weight excluding hydrogens is 356 g/mol. The van der Waals surface area contributed by atoms with E-state index in [9.17, 15) is 15.0 Å². The van der Waals surface area contributed by atoms with Crippen molar-refractivity contribution in [3.8, 4) is 23.0 Å². The summed E-state index contributed by atoms with van der Waals surface area (Å²) in [6, 6.07) is 10.1. The molecule has 28 heavy (non-hydrogen) atoms. The molecule has 5 heteroatoms.